The zero-order valence-corrected chi connectivity index (χ0v) is 66.4. The number of esters is 6. The first-order valence-electron chi connectivity index (χ1n) is 37.7. The fourth-order valence-electron chi connectivity index (χ4n) is 13.4. The fourth-order valence-corrected chi connectivity index (χ4v) is 16.2. The minimum Gasteiger partial charge on any atom is -0.748 e. The molecule has 23 heteroatoms. The van der Waals surface area contributed by atoms with Gasteiger partial charge in [-0.1, -0.05) is 103 Å². The summed E-state index contributed by atoms with van der Waals surface area (Å²) in [5, 5.41) is 9.16. The molecule has 2 saturated heterocycles. The van der Waals surface area contributed by atoms with Crippen LogP contribution in [0.1, 0.15) is 218 Å². The van der Waals surface area contributed by atoms with E-state index in [1.165, 1.54) is 52.4 Å². The lowest BCUT2D eigenvalue weighted by molar-refractivity contribution is -0.220. The lowest BCUT2D eigenvalue weighted by atomic mass is 9.78. The Morgan fingerprint density at radius 1 is 0.654 bits per heavy atom. The van der Waals surface area contributed by atoms with Gasteiger partial charge in [0.05, 0.1) is 56.0 Å². The smallest absolute Gasteiger partial charge is 0.426 e. The monoisotopic (exact) mass is 1530 g/mol. The number of carbonyl (C=O) groups excluding carboxylic acids is 6. The molecule has 9 unspecified atom stereocenters. The van der Waals surface area contributed by atoms with Gasteiger partial charge in [0.1, 0.15) is 51.6 Å². The Morgan fingerprint density at radius 2 is 1.18 bits per heavy atom. The van der Waals surface area contributed by atoms with Crippen LogP contribution < -0.4 is 14.2 Å². The third-order valence-electron chi connectivity index (χ3n) is 22.2. The van der Waals surface area contributed by atoms with E-state index in [1.54, 1.807) is 26.8 Å². The number of alkyl halides is 3. The summed E-state index contributed by atoms with van der Waals surface area (Å²) in [5.74, 6) is -4.70. The van der Waals surface area contributed by atoms with Gasteiger partial charge in [-0.3, -0.25) is 28.8 Å². The number of phenols is 1. The molecule has 7 aliphatic rings. The zero-order valence-electron chi connectivity index (χ0n) is 64.8. The van der Waals surface area contributed by atoms with Crippen molar-refractivity contribution in [3.63, 3.8) is 0 Å². The number of aromatic hydroxyl groups is 1. The highest BCUT2D eigenvalue weighted by Gasteiger charge is 2.71. The predicted octanol–water partition coefficient (Wildman–Crippen LogP) is 18.7. The molecule has 4 aliphatic carbocycles. The molecule has 6 fully saturated rings. The summed E-state index contributed by atoms with van der Waals surface area (Å²) in [6.07, 6.45) is 5.23. The van der Waals surface area contributed by atoms with Crippen LogP contribution in [0.5, 0.6) is 28.7 Å². The molecule has 588 valence electrons. The van der Waals surface area contributed by atoms with Crippen LogP contribution in [-0.4, -0.2) is 102 Å². The number of halogens is 3. The fraction of sp³-hybridized carbons (Fsp3) is 0.571. The molecule has 5 aromatic carbocycles. The maximum absolute atomic E-state index is 13.1. The van der Waals surface area contributed by atoms with Crippen molar-refractivity contribution in [1.29, 1.82) is 0 Å². The molecule has 9 atom stereocenters. The second kappa shape index (κ2) is 36.7. The summed E-state index contributed by atoms with van der Waals surface area (Å²) in [6.45, 7) is 29.9. The number of hydrogen-bond acceptors (Lipinski definition) is 18. The van der Waals surface area contributed by atoms with Gasteiger partial charge < -0.3 is 47.6 Å². The van der Waals surface area contributed by atoms with Gasteiger partial charge in [-0.25, -0.2) is 8.42 Å². The maximum Gasteiger partial charge on any atom is 0.426 e. The Morgan fingerprint density at radius 3 is 1.68 bits per heavy atom. The van der Waals surface area contributed by atoms with Crippen molar-refractivity contribution in [1.82, 2.24) is 0 Å². The number of carbonyl (C=O) groups is 6. The van der Waals surface area contributed by atoms with E-state index >= 15 is 0 Å². The summed E-state index contributed by atoms with van der Waals surface area (Å²) < 4.78 is 115. The average Bonchev–Trinajstić information content (AvgIpc) is 1.55. The van der Waals surface area contributed by atoms with Crippen LogP contribution in [0.2, 0.25) is 0 Å². The third-order valence-corrected chi connectivity index (χ3v) is 25.2. The second-order valence-electron chi connectivity index (χ2n) is 31.6. The van der Waals surface area contributed by atoms with Crippen molar-refractivity contribution in [2.24, 2.45) is 45.3 Å². The van der Waals surface area contributed by atoms with E-state index < -0.39 is 92.8 Å². The molecule has 107 heavy (non-hydrogen) atoms. The Hall–Kier alpha value is -7.63. The summed E-state index contributed by atoms with van der Waals surface area (Å²) in [7, 11) is -5.44. The molecule has 0 radical (unpaired) electrons. The van der Waals surface area contributed by atoms with Crippen LogP contribution in [0, 0.1) is 45.3 Å². The van der Waals surface area contributed by atoms with Crippen LogP contribution in [-0.2, 0) is 73.5 Å². The van der Waals surface area contributed by atoms with Gasteiger partial charge in [0.2, 0.25) is 15.9 Å². The lowest BCUT2D eigenvalue weighted by Gasteiger charge is -2.34. The Balaban J connectivity index is 0.000000187. The van der Waals surface area contributed by atoms with Gasteiger partial charge in [0, 0.05) is 11.8 Å². The van der Waals surface area contributed by atoms with Gasteiger partial charge in [0.25, 0.3) is 0 Å². The molecule has 5 aromatic rings. The minimum absolute atomic E-state index is 0.0231. The van der Waals surface area contributed by atoms with Crippen LogP contribution in [0.15, 0.2) is 142 Å². The maximum atomic E-state index is 13.1. The molecule has 18 nitrogen and oxygen atoms in total. The van der Waals surface area contributed by atoms with Gasteiger partial charge in [-0.05, 0) is 243 Å². The predicted molar refractivity (Wildman–Crippen MR) is 401 cm³/mol. The van der Waals surface area contributed by atoms with Gasteiger partial charge >= 0.3 is 42.0 Å². The molecular weight excluding hydrogens is 1420 g/mol. The van der Waals surface area contributed by atoms with Crippen molar-refractivity contribution in [3.8, 4) is 28.7 Å². The Kier molecular flexibility index (Phi) is 29.7. The molecule has 12 rings (SSSR count). The lowest BCUT2D eigenvalue weighted by Crippen LogP contribution is -2.47. The average molecular weight is 1530 g/mol. The number of hydrogen-bond donors (Lipinski definition) is 1. The van der Waals surface area contributed by atoms with E-state index in [2.05, 4.69) is 87.0 Å². The van der Waals surface area contributed by atoms with E-state index in [9.17, 15) is 54.9 Å². The highest BCUT2D eigenvalue weighted by molar-refractivity contribution is 7.97. The topological polar surface area (TPSA) is 254 Å². The number of para-hydroxylation sites is 2. The molecular formula is C84H111F3O18S2. The number of cyclic esters (lactones) is 1. The zero-order chi connectivity index (χ0) is 79.1. The first-order chi connectivity index (χ1) is 50.2. The number of fused-ring (bicyclic) bond motifs is 3. The largest absolute Gasteiger partial charge is 0.748 e. The molecule has 1 N–H and O–H groups in total. The van der Waals surface area contributed by atoms with E-state index in [0.29, 0.717) is 30.4 Å². The van der Waals surface area contributed by atoms with Crippen molar-refractivity contribution < 1.29 is 97.9 Å². The quantitative estimate of drug-likeness (QED) is 0.0260. The van der Waals surface area contributed by atoms with Crippen LogP contribution >= 0.6 is 0 Å². The second-order valence-corrected chi connectivity index (χ2v) is 35.0. The number of phenolic OH excluding ortho intramolecular Hbond substituents is 1. The van der Waals surface area contributed by atoms with Crippen LogP contribution in [0.4, 0.5) is 13.2 Å². The van der Waals surface area contributed by atoms with Gasteiger partial charge in [-0.15, -0.1) is 0 Å². The highest BCUT2D eigenvalue weighted by atomic mass is 32.2. The van der Waals surface area contributed by atoms with Crippen molar-refractivity contribution in [2.45, 2.75) is 263 Å². The highest BCUT2D eigenvalue weighted by Crippen LogP contribution is 2.59. The number of benzene rings is 5. The third kappa shape index (κ3) is 23.0. The molecule has 4 saturated carbocycles. The molecule has 0 aromatic heterocycles. The summed E-state index contributed by atoms with van der Waals surface area (Å²) in [5.41, 5.74) is -0.836. The standard InChI is InChI=1S/C19H28O3.C18H23F3O9S.C18H13OS.C12H22O2.C10H14O.C7H12O2/c1-5-18(2,3)17(20)21-15-9-11-16(12-10-15)22-19(4)13-7-6-8-14-19;1-4-17(2,3)16(24)30-13-8-5-7-11(15(23)29-12(7)13)10(8)14(22)28-9(18(19,20)21)6-31(25,26)27;1-2-8-14(9-3-1)20-17-12-6-4-10-15(17)19-16-11-5-7-13-18(16)20;1-5-11(2,3)10(13)14-12(4)8-6-7-9-12;1-3-8(2)9-5-4-6-10(11)7-9;1-3-7(2)4-5-9-6(7)8/h9-12H,5-8,13-14H2,1-4H3;7-13H,4-6H2,1-3H3,(H,25,26,27);1-13H;5-9H2,1-4H3;4-8,11H,3H2,1-2H3;3-5H2,1-2H3/q;;+1;;;/p-1. The SMILES string of the molecule is CCC(C)(C)C(=O)OC1(C)CCCC1.CCC(C)(C)C(=O)OC1C2CC3C1OC(=O)C3C2C(=O)OC(CS(=O)(=O)[O-])C(F)(F)F.CCC(C)(C)C(=O)Oc1ccc(OC2(C)CCCCC2)cc1.CCC(C)c1cccc(O)c1.CCC1(C)CCOC1=O.c1ccc([S+]2c3ccccc3Oc3ccccc32)cc1. The summed E-state index contributed by atoms with van der Waals surface area (Å²) in [4.78, 5) is 76.0. The summed E-state index contributed by atoms with van der Waals surface area (Å²) in [6, 6.07) is 42.2. The first kappa shape index (κ1) is 86.6. The van der Waals surface area contributed by atoms with E-state index in [0.717, 1.165) is 75.0 Å². The minimum atomic E-state index is -5.36. The molecule has 0 amide bonds. The molecule has 2 bridgehead atoms. The van der Waals surface area contributed by atoms with Gasteiger partial charge in [0.15, 0.2) is 16.4 Å². The van der Waals surface area contributed by atoms with E-state index in [-0.39, 0.29) is 57.3 Å². The van der Waals surface area contributed by atoms with E-state index in [1.807, 2.05) is 122 Å². The van der Waals surface area contributed by atoms with Crippen molar-refractivity contribution >= 4 is 56.8 Å². The number of ether oxygens (including phenoxy) is 8. The first-order valence-corrected chi connectivity index (χ1v) is 40.5. The molecule has 0 spiro atoms. The van der Waals surface area contributed by atoms with Crippen molar-refractivity contribution in [2.75, 3.05) is 12.4 Å². The number of rotatable bonds is 19. The van der Waals surface area contributed by atoms with Crippen LogP contribution in [0.25, 0.3) is 0 Å². The normalized spacial score (nSPS) is 22.7. The summed E-state index contributed by atoms with van der Waals surface area (Å²) >= 11 is 0. The molecule has 3 heterocycles. The van der Waals surface area contributed by atoms with E-state index in [4.69, 9.17) is 38.3 Å². The molecule has 3 aliphatic heterocycles. The Labute approximate surface area is 633 Å². The van der Waals surface area contributed by atoms with Gasteiger partial charge in [-0.2, -0.15) is 13.2 Å². The van der Waals surface area contributed by atoms with Crippen molar-refractivity contribution in [3.05, 3.63) is 133 Å². The van der Waals surface area contributed by atoms with Crippen LogP contribution in [0.3, 0.4) is 0 Å². The Bertz CT molecular complexity index is 3880.